The van der Waals surface area contributed by atoms with E-state index in [4.69, 9.17) is 9.97 Å². The molecule has 4 heterocycles. The average molecular weight is 776 g/mol. The summed E-state index contributed by atoms with van der Waals surface area (Å²) in [7, 11) is 0. The summed E-state index contributed by atoms with van der Waals surface area (Å²) in [5.41, 5.74) is 14.5. The minimum atomic E-state index is 0.701. The molecule has 290 valence electrons. The van der Waals surface area contributed by atoms with Crippen molar-refractivity contribution in [3.05, 3.63) is 193 Å². The van der Waals surface area contributed by atoms with Gasteiger partial charge in [-0.15, -0.1) is 0 Å². The lowest BCUT2D eigenvalue weighted by molar-refractivity contribution is 0.947. The number of nitrogens with zero attached hydrogens (tertiary/aromatic N) is 5. The number of fused-ring (bicyclic) bond motifs is 7. The van der Waals surface area contributed by atoms with Gasteiger partial charge in [0, 0.05) is 55.7 Å². The van der Waals surface area contributed by atoms with Crippen molar-refractivity contribution in [1.82, 2.24) is 23.7 Å². The zero-order valence-electron chi connectivity index (χ0n) is 34.2. The van der Waals surface area contributed by atoms with Crippen LogP contribution in [0.25, 0.3) is 102 Å². The van der Waals surface area contributed by atoms with Crippen molar-refractivity contribution in [2.45, 2.75) is 33.6 Å². The third-order valence-corrected chi connectivity index (χ3v) is 11.6. The predicted molar refractivity (Wildman–Crippen MR) is 254 cm³/mol. The Hall–Kier alpha value is -7.50. The van der Waals surface area contributed by atoms with E-state index in [2.05, 4.69) is 185 Å². The zero-order chi connectivity index (χ0) is 40.7. The Morgan fingerprint density at radius 2 is 1.22 bits per heavy atom. The van der Waals surface area contributed by atoms with Crippen LogP contribution in [-0.2, 0) is 6.42 Å². The Morgan fingerprint density at radius 1 is 0.567 bits per heavy atom. The Morgan fingerprint density at radius 3 is 1.95 bits per heavy atom. The molecule has 0 bridgehead atoms. The third-order valence-electron chi connectivity index (χ3n) is 11.6. The molecule has 60 heavy (non-hydrogen) atoms. The highest BCUT2D eigenvalue weighted by Crippen LogP contribution is 2.40. The van der Waals surface area contributed by atoms with Crippen molar-refractivity contribution in [1.29, 1.82) is 0 Å². The van der Waals surface area contributed by atoms with E-state index < -0.39 is 0 Å². The first-order valence-corrected chi connectivity index (χ1v) is 21.0. The molecule has 1 aliphatic rings. The molecule has 1 aliphatic carbocycles. The Balaban J connectivity index is 0.00000213. The molecule has 5 nitrogen and oxygen atoms in total. The molecule has 0 amide bonds. The van der Waals surface area contributed by atoms with E-state index in [9.17, 15) is 0 Å². The summed E-state index contributed by atoms with van der Waals surface area (Å²) in [6.45, 7) is 10.3. The van der Waals surface area contributed by atoms with Crippen molar-refractivity contribution in [2.24, 2.45) is 0 Å². The van der Waals surface area contributed by atoms with E-state index in [1.807, 2.05) is 38.1 Å². The van der Waals surface area contributed by atoms with Gasteiger partial charge >= 0.3 is 0 Å². The lowest BCUT2D eigenvalue weighted by atomic mass is 10.0. The molecule has 6 aromatic carbocycles. The topological polar surface area (TPSA) is 40.6 Å². The van der Waals surface area contributed by atoms with Gasteiger partial charge in [-0.2, -0.15) is 0 Å². The molecule has 0 N–H and O–H groups in total. The Bertz CT molecular complexity index is 3280. The van der Waals surface area contributed by atoms with Crippen LogP contribution in [0.1, 0.15) is 49.7 Å². The summed E-state index contributed by atoms with van der Waals surface area (Å²) in [4.78, 5) is 10.4. The number of hydrogen-bond acceptors (Lipinski definition) is 2. The standard InChI is InChI=1S/C53H39N5.C2H6/c1-3-17-39-43-32-44-42-24-13-14-25-47(42)57(51(44)34-50(43)56(46(39)4-2)37-20-9-6-10-21-37)38-30-28-35(29-31-38)45-33-52(55-53(54-45)36-18-7-5-8-19-36)58-48-26-15-11-22-40(48)41-23-12-16-27-49(41)58;1-2/h3-11,13-22,24-34H,2,12,23H2,1H3;1-2H3/b17-3-;. The molecule has 0 unspecified atom stereocenters. The minimum absolute atomic E-state index is 0.701. The number of aromatic nitrogens is 5. The van der Waals surface area contributed by atoms with Crippen LogP contribution in [0.4, 0.5) is 0 Å². The van der Waals surface area contributed by atoms with E-state index in [1.165, 1.54) is 38.4 Å². The molecule has 0 saturated heterocycles. The summed E-state index contributed by atoms with van der Waals surface area (Å²) >= 11 is 0. The largest absolute Gasteiger partial charge is 0.309 e. The Labute approximate surface area is 350 Å². The summed E-state index contributed by atoms with van der Waals surface area (Å²) in [5.74, 6) is 1.56. The average Bonchev–Trinajstić information content (AvgIpc) is 3.94. The van der Waals surface area contributed by atoms with Gasteiger partial charge in [0.25, 0.3) is 0 Å². The number of hydrogen-bond donors (Lipinski definition) is 0. The van der Waals surface area contributed by atoms with Crippen LogP contribution in [0.2, 0.25) is 0 Å². The van der Waals surface area contributed by atoms with Gasteiger partial charge in [-0.25, -0.2) is 9.97 Å². The second-order valence-electron chi connectivity index (χ2n) is 14.9. The maximum Gasteiger partial charge on any atom is 0.162 e. The van der Waals surface area contributed by atoms with Gasteiger partial charge < -0.3 is 9.13 Å². The molecule has 4 aromatic heterocycles. The number of allylic oxidation sites excluding steroid dienone is 2. The van der Waals surface area contributed by atoms with Crippen molar-refractivity contribution in [2.75, 3.05) is 0 Å². The smallest absolute Gasteiger partial charge is 0.162 e. The second kappa shape index (κ2) is 15.3. The summed E-state index contributed by atoms with van der Waals surface area (Å²) in [5, 5.41) is 4.91. The fourth-order valence-corrected chi connectivity index (χ4v) is 9.10. The number of rotatable bonds is 7. The molecular formula is C55H45N5. The molecule has 0 radical (unpaired) electrons. The van der Waals surface area contributed by atoms with Crippen molar-refractivity contribution >= 4 is 61.8 Å². The normalized spacial score (nSPS) is 12.4. The maximum atomic E-state index is 5.24. The van der Waals surface area contributed by atoms with E-state index in [0.717, 1.165) is 74.6 Å². The highest BCUT2D eigenvalue weighted by molar-refractivity contribution is 6.15. The van der Waals surface area contributed by atoms with E-state index in [0.29, 0.717) is 5.82 Å². The third kappa shape index (κ3) is 5.93. The molecule has 0 fully saturated rings. The first-order valence-electron chi connectivity index (χ1n) is 21.0. The fraction of sp³-hybridized carbons (Fsp3) is 0.0909. The SMILES string of the molecule is C=Cc1c(/C=C\C)c2cc3c4ccccc4n(-c4ccc(-c5cc(-n6c7c(c8ccccc86)CCC=C7)nc(-c6ccccc6)n5)cc4)c3cc2n1-c1ccccc1.CC. The highest BCUT2D eigenvalue weighted by atomic mass is 15.1. The molecule has 0 aliphatic heterocycles. The van der Waals surface area contributed by atoms with Gasteiger partial charge in [0.15, 0.2) is 5.82 Å². The molecule has 0 atom stereocenters. The van der Waals surface area contributed by atoms with Crippen LogP contribution in [-0.4, -0.2) is 23.7 Å². The summed E-state index contributed by atoms with van der Waals surface area (Å²) < 4.78 is 7.04. The summed E-state index contributed by atoms with van der Waals surface area (Å²) in [6.07, 6.45) is 12.9. The molecule has 11 rings (SSSR count). The van der Waals surface area contributed by atoms with Gasteiger partial charge in [0.2, 0.25) is 0 Å². The van der Waals surface area contributed by atoms with Gasteiger partial charge in [0.1, 0.15) is 5.82 Å². The van der Waals surface area contributed by atoms with Crippen LogP contribution >= 0.6 is 0 Å². The van der Waals surface area contributed by atoms with Gasteiger partial charge in [-0.05, 0) is 86.0 Å². The molecule has 5 heteroatoms. The van der Waals surface area contributed by atoms with Crippen molar-refractivity contribution < 1.29 is 0 Å². The first kappa shape index (κ1) is 36.8. The fourth-order valence-electron chi connectivity index (χ4n) is 9.10. The second-order valence-corrected chi connectivity index (χ2v) is 14.9. The van der Waals surface area contributed by atoms with Crippen LogP contribution in [0, 0.1) is 0 Å². The van der Waals surface area contributed by atoms with Gasteiger partial charge in [0.05, 0.1) is 39.1 Å². The van der Waals surface area contributed by atoms with E-state index >= 15 is 0 Å². The first-order chi connectivity index (χ1) is 29.7. The molecule has 0 spiro atoms. The zero-order valence-corrected chi connectivity index (χ0v) is 34.2. The maximum absolute atomic E-state index is 5.24. The lowest BCUT2D eigenvalue weighted by Gasteiger charge is -2.14. The molecular weight excluding hydrogens is 731 g/mol. The van der Waals surface area contributed by atoms with Crippen LogP contribution in [0.3, 0.4) is 0 Å². The predicted octanol–water partition coefficient (Wildman–Crippen LogP) is 14.5. The molecule has 10 aromatic rings. The van der Waals surface area contributed by atoms with Crippen LogP contribution in [0.5, 0.6) is 0 Å². The number of para-hydroxylation sites is 3. The number of benzene rings is 6. The van der Waals surface area contributed by atoms with Crippen molar-refractivity contribution in [3.8, 4) is 39.8 Å². The quantitative estimate of drug-likeness (QED) is 0.162. The van der Waals surface area contributed by atoms with Gasteiger partial charge in [-0.3, -0.25) is 4.57 Å². The highest BCUT2D eigenvalue weighted by Gasteiger charge is 2.22. The van der Waals surface area contributed by atoms with Crippen molar-refractivity contribution in [3.63, 3.8) is 0 Å². The monoisotopic (exact) mass is 775 g/mol. The summed E-state index contributed by atoms with van der Waals surface area (Å²) in [6, 6.07) is 54.0. The van der Waals surface area contributed by atoms with E-state index in [1.54, 1.807) is 0 Å². The number of aryl methyl sites for hydroxylation is 1. The van der Waals surface area contributed by atoms with Gasteiger partial charge in [-0.1, -0.05) is 136 Å². The molecule has 0 saturated carbocycles. The van der Waals surface area contributed by atoms with Crippen LogP contribution < -0.4 is 0 Å². The van der Waals surface area contributed by atoms with E-state index in [-0.39, 0.29) is 0 Å². The Kier molecular flexibility index (Phi) is 9.42. The lowest BCUT2D eigenvalue weighted by Crippen LogP contribution is -2.05. The minimum Gasteiger partial charge on any atom is -0.309 e. The van der Waals surface area contributed by atoms with Crippen LogP contribution in [0.15, 0.2) is 170 Å².